The summed E-state index contributed by atoms with van der Waals surface area (Å²) >= 11 is 0. The summed E-state index contributed by atoms with van der Waals surface area (Å²) in [5, 5.41) is 8.52. The number of unbranched alkanes of at least 4 members (excludes halogenated alkanes) is 2. The molecule has 0 spiro atoms. The highest BCUT2D eigenvalue weighted by Gasteiger charge is 2.08. The lowest BCUT2D eigenvalue weighted by Gasteiger charge is -2.06. The first-order valence-corrected chi connectivity index (χ1v) is 11.1. The molecular weight excluding hydrogens is 384 g/mol. The van der Waals surface area contributed by atoms with Crippen LogP contribution in [0.5, 0.6) is 5.75 Å². The Hall–Kier alpha value is -3.27. The smallest absolute Gasteiger partial charge is 0.343 e. The van der Waals surface area contributed by atoms with Gasteiger partial charge >= 0.3 is 5.97 Å². The van der Waals surface area contributed by atoms with Crippen LogP contribution in [0.25, 0.3) is 0 Å². The van der Waals surface area contributed by atoms with Gasteiger partial charge in [0.05, 0.1) is 16.9 Å². The number of nitrogens with zero attached hydrogens (tertiary/aromatic N) is 2. The molecule has 0 heterocycles. The van der Waals surface area contributed by atoms with E-state index in [1.54, 1.807) is 24.3 Å². The van der Waals surface area contributed by atoms with Crippen molar-refractivity contribution in [3.05, 3.63) is 89.5 Å². The first-order valence-electron chi connectivity index (χ1n) is 11.1. The van der Waals surface area contributed by atoms with Gasteiger partial charge in [-0.1, -0.05) is 57.4 Å². The Morgan fingerprint density at radius 1 is 0.677 bits per heavy atom. The molecule has 31 heavy (non-hydrogen) atoms. The summed E-state index contributed by atoms with van der Waals surface area (Å²) in [5.41, 5.74) is 4.62. The molecule has 0 aliphatic rings. The lowest BCUT2D eigenvalue weighted by atomic mass is 10.1. The summed E-state index contributed by atoms with van der Waals surface area (Å²) in [6, 6.07) is 22.8. The van der Waals surface area contributed by atoms with E-state index in [1.807, 2.05) is 36.4 Å². The van der Waals surface area contributed by atoms with Crippen molar-refractivity contribution in [1.29, 1.82) is 0 Å². The fourth-order valence-electron chi connectivity index (χ4n) is 3.27. The van der Waals surface area contributed by atoms with Crippen LogP contribution in [-0.2, 0) is 12.8 Å². The van der Waals surface area contributed by atoms with Gasteiger partial charge in [0.2, 0.25) is 0 Å². The van der Waals surface area contributed by atoms with Crippen molar-refractivity contribution >= 4 is 17.3 Å². The number of azo groups is 1. The van der Waals surface area contributed by atoms with Crippen LogP contribution in [0.2, 0.25) is 0 Å². The summed E-state index contributed by atoms with van der Waals surface area (Å²) in [6.07, 6.45) is 6.85. The van der Waals surface area contributed by atoms with Crippen molar-refractivity contribution in [2.45, 2.75) is 52.4 Å². The highest BCUT2D eigenvalue weighted by Crippen LogP contribution is 2.22. The lowest BCUT2D eigenvalue weighted by molar-refractivity contribution is 0.0735. The van der Waals surface area contributed by atoms with Crippen molar-refractivity contribution in [3.63, 3.8) is 0 Å². The molecule has 0 saturated heterocycles. The third kappa shape index (κ3) is 7.18. The SMILES string of the molecule is CCCCCc1ccc(C(=O)Oc2ccc(N=Nc3ccc(CCC)cc3)cc2)cc1. The van der Waals surface area contributed by atoms with Gasteiger partial charge in [0.25, 0.3) is 0 Å². The quantitative estimate of drug-likeness (QED) is 0.146. The number of aryl methyl sites for hydroxylation is 2. The van der Waals surface area contributed by atoms with E-state index in [-0.39, 0.29) is 5.97 Å². The van der Waals surface area contributed by atoms with E-state index in [0.29, 0.717) is 17.0 Å². The minimum Gasteiger partial charge on any atom is -0.423 e. The van der Waals surface area contributed by atoms with Gasteiger partial charge in [0, 0.05) is 0 Å². The van der Waals surface area contributed by atoms with Crippen LogP contribution in [0.3, 0.4) is 0 Å². The van der Waals surface area contributed by atoms with E-state index in [9.17, 15) is 4.79 Å². The molecule has 0 radical (unpaired) electrons. The Bertz CT molecular complexity index is 975. The van der Waals surface area contributed by atoms with Gasteiger partial charge in [-0.25, -0.2) is 4.79 Å². The molecule has 3 aromatic rings. The molecule has 0 aliphatic carbocycles. The topological polar surface area (TPSA) is 51.0 Å². The first kappa shape index (κ1) is 22.4. The molecule has 4 nitrogen and oxygen atoms in total. The van der Waals surface area contributed by atoms with Crippen LogP contribution in [0.15, 0.2) is 83.0 Å². The number of hydrogen-bond acceptors (Lipinski definition) is 4. The van der Waals surface area contributed by atoms with Crippen LogP contribution in [0.4, 0.5) is 11.4 Å². The van der Waals surface area contributed by atoms with Crippen LogP contribution in [0.1, 0.15) is 61.0 Å². The zero-order valence-electron chi connectivity index (χ0n) is 18.4. The Balaban J connectivity index is 1.54. The molecule has 0 unspecified atom stereocenters. The monoisotopic (exact) mass is 414 g/mol. The summed E-state index contributed by atoms with van der Waals surface area (Å²) in [5.74, 6) is 0.126. The molecule has 0 fully saturated rings. The van der Waals surface area contributed by atoms with E-state index in [1.165, 1.54) is 30.4 Å². The maximum absolute atomic E-state index is 12.4. The number of esters is 1. The van der Waals surface area contributed by atoms with Crippen LogP contribution < -0.4 is 4.74 Å². The van der Waals surface area contributed by atoms with Crippen molar-refractivity contribution in [3.8, 4) is 5.75 Å². The molecule has 0 atom stereocenters. The minimum atomic E-state index is -0.360. The number of carbonyl (C=O) groups is 1. The second-order valence-electron chi connectivity index (χ2n) is 7.65. The minimum absolute atomic E-state index is 0.360. The Morgan fingerprint density at radius 2 is 1.23 bits per heavy atom. The van der Waals surface area contributed by atoms with Gasteiger partial charge in [-0.15, -0.1) is 0 Å². The average Bonchev–Trinajstić information content (AvgIpc) is 2.80. The number of carbonyl (C=O) groups excluding carboxylic acids is 1. The summed E-state index contributed by atoms with van der Waals surface area (Å²) in [6.45, 7) is 4.36. The van der Waals surface area contributed by atoms with Crippen molar-refractivity contribution in [1.82, 2.24) is 0 Å². The highest BCUT2D eigenvalue weighted by atomic mass is 16.5. The maximum atomic E-state index is 12.4. The molecule has 3 rings (SSSR count). The van der Waals surface area contributed by atoms with E-state index in [0.717, 1.165) is 24.9 Å². The normalized spacial score (nSPS) is 11.0. The number of ether oxygens (including phenoxy) is 1. The van der Waals surface area contributed by atoms with Crippen LogP contribution in [-0.4, -0.2) is 5.97 Å². The molecule has 0 saturated carbocycles. The second-order valence-corrected chi connectivity index (χ2v) is 7.65. The molecule has 3 aromatic carbocycles. The van der Waals surface area contributed by atoms with Gasteiger partial charge in [-0.05, 0) is 78.9 Å². The van der Waals surface area contributed by atoms with Gasteiger partial charge in [0.15, 0.2) is 0 Å². The molecule has 160 valence electrons. The molecular formula is C27H30N2O2. The van der Waals surface area contributed by atoms with Crippen molar-refractivity contribution in [2.24, 2.45) is 10.2 Å². The van der Waals surface area contributed by atoms with Crippen molar-refractivity contribution < 1.29 is 9.53 Å². The van der Waals surface area contributed by atoms with Crippen LogP contribution in [0, 0.1) is 0 Å². The predicted molar refractivity (Wildman–Crippen MR) is 126 cm³/mol. The molecule has 0 aromatic heterocycles. The van der Waals surface area contributed by atoms with Gasteiger partial charge < -0.3 is 4.74 Å². The Kier molecular flexibility index (Phi) is 8.53. The molecule has 0 N–H and O–H groups in total. The first-order chi connectivity index (χ1) is 15.2. The fourth-order valence-corrected chi connectivity index (χ4v) is 3.27. The summed E-state index contributed by atoms with van der Waals surface area (Å²) < 4.78 is 5.48. The number of rotatable bonds is 10. The highest BCUT2D eigenvalue weighted by molar-refractivity contribution is 5.91. The molecule has 4 heteroatoms. The number of benzene rings is 3. The third-order valence-electron chi connectivity index (χ3n) is 5.06. The largest absolute Gasteiger partial charge is 0.423 e. The molecule has 0 bridgehead atoms. The molecule has 0 aliphatic heterocycles. The lowest BCUT2D eigenvalue weighted by Crippen LogP contribution is -2.08. The van der Waals surface area contributed by atoms with Gasteiger partial charge in [-0.3, -0.25) is 0 Å². The Labute approximate surface area is 185 Å². The standard InChI is InChI=1S/C27H30N2O2/c1-3-5-6-8-22-9-13-23(14-10-22)27(30)31-26-19-17-25(18-20-26)29-28-24-15-11-21(7-4-2)12-16-24/h9-20H,3-8H2,1-2H3. The maximum Gasteiger partial charge on any atom is 0.343 e. The number of hydrogen-bond donors (Lipinski definition) is 0. The van der Waals surface area contributed by atoms with Gasteiger partial charge in [0.1, 0.15) is 5.75 Å². The Morgan fingerprint density at radius 3 is 1.81 bits per heavy atom. The van der Waals surface area contributed by atoms with E-state index in [2.05, 4.69) is 36.2 Å². The second kappa shape index (κ2) is 11.8. The van der Waals surface area contributed by atoms with Crippen molar-refractivity contribution in [2.75, 3.05) is 0 Å². The fraction of sp³-hybridized carbons (Fsp3) is 0.296. The van der Waals surface area contributed by atoms with E-state index in [4.69, 9.17) is 4.74 Å². The summed E-state index contributed by atoms with van der Waals surface area (Å²) in [4.78, 5) is 12.4. The zero-order chi connectivity index (χ0) is 21.9. The van der Waals surface area contributed by atoms with Crippen LogP contribution >= 0.6 is 0 Å². The third-order valence-corrected chi connectivity index (χ3v) is 5.06. The average molecular weight is 415 g/mol. The molecule has 0 amide bonds. The van der Waals surface area contributed by atoms with E-state index < -0.39 is 0 Å². The van der Waals surface area contributed by atoms with E-state index >= 15 is 0 Å². The summed E-state index contributed by atoms with van der Waals surface area (Å²) in [7, 11) is 0. The predicted octanol–water partition coefficient (Wildman–Crippen LogP) is 8.01. The van der Waals surface area contributed by atoms with Gasteiger partial charge in [-0.2, -0.15) is 10.2 Å². The zero-order valence-corrected chi connectivity index (χ0v) is 18.4.